The quantitative estimate of drug-likeness (QED) is 0.338. The number of nitrogens with zero attached hydrogens (tertiary/aromatic N) is 2. The maximum atomic E-state index is 8.49. The summed E-state index contributed by atoms with van der Waals surface area (Å²) in [5, 5.41) is 0. The Hall–Kier alpha value is 0.459. The molecule has 0 aliphatic heterocycles. The van der Waals surface area contributed by atoms with Crippen LogP contribution < -0.4 is 37.3 Å². The van der Waals surface area contributed by atoms with Crippen LogP contribution >= 0.6 is 0 Å². The van der Waals surface area contributed by atoms with Crippen LogP contribution in [0.25, 0.3) is 0 Å². The second-order valence-corrected chi connectivity index (χ2v) is 4.87. The van der Waals surface area contributed by atoms with Crippen molar-refractivity contribution in [2.24, 2.45) is 0 Å². The molecule has 0 saturated carbocycles. The topological polar surface area (TPSA) is 380 Å². The summed E-state index contributed by atoms with van der Waals surface area (Å²) >= 11 is 0. The van der Waals surface area contributed by atoms with Gasteiger partial charge in [-0.2, -0.15) is 0 Å². The molecule has 0 aromatic rings. The van der Waals surface area contributed by atoms with Crippen LogP contribution in [-0.4, -0.2) is 83.9 Å². The first-order valence-corrected chi connectivity index (χ1v) is 6.62. The zero-order valence-corrected chi connectivity index (χ0v) is 16.1. The first-order valence-electron chi connectivity index (χ1n) is 4.16. The molecule has 1 radical (unpaired) electrons. The largest absolute Gasteiger partial charge is 2.00 e. The van der Waals surface area contributed by atoms with Crippen LogP contribution in [-0.2, 0) is 17.1 Å². The molecule has 0 saturated heterocycles. The third kappa shape index (κ3) is 414. The van der Waals surface area contributed by atoms with E-state index in [1.165, 1.54) is 0 Å². The van der Waals surface area contributed by atoms with E-state index in [2.05, 4.69) is 38.0 Å². The fraction of sp³-hybridized carbons (Fsp3) is 1.00. The van der Waals surface area contributed by atoms with E-state index in [1.807, 2.05) is 0 Å². The van der Waals surface area contributed by atoms with Gasteiger partial charge in [-0.1, -0.05) is 0 Å². The minimum absolute atomic E-state index is 0. The number of rotatable bonds is 3. The monoisotopic (exact) mass is 485 g/mol. The first kappa shape index (κ1) is 63.7. The van der Waals surface area contributed by atoms with Crippen molar-refractivity contribution in [3.63, 3.8) is 0 Å². The standard InChI is InChI=1S/C6H16N2.2ClHO4.Cu.6H2O/c1-7(2)5-6-8(3)4;2*2-1(3,4)5;;;;;;;/h5-6H2,1-4H3;2*(H,2,3,4,5);;6*1H2/q;;;+2;;;;;;/p-2. The van der Waals surface area contributed by atoms with Crippen molar-refractivity contribution in [1.29, 1.82) is 0 Å². The van der Waals surface area contributed by atoms with Crippen LogP contribution in [0.3, 0.4) is 0 Å². The van der Waals surface area contributed by atoms with Gasteiger partial charge < -0.3 is 42.7 Å². The minimum atomic E-state index is -4.94. The van der Waals surface area contributed by atoms with Crippen molar-refractivity contribution in [2.45, 2.75) is 0 Å². The van der Waals surface area contributed by atoms with E-state index in [0.717, 1.165) is 13.1 Å². The molecule has 16 nitrogen and oxygen atoms in total. The molecule has 0 bridgehead atoms. The van der Waals surface area contributed by atoms with Gasteiger partial charge in [-0.25, -0.2) is 37.3 Å². The van der Waals surface area contributed by atoms with Crippen molar-refractivity contribution in [3.8, 4) is 0 Å². The summed E-state index contributed by atoms with van der Waals surface area (Å²) < 4.78 is 67.9. The van der Waals surface area contributed by atoms with Gasteiger partial charge in [0.1, 0.15) is 0 Å². The molecule has 0 unspecified atom stereocenters. The van der Waals surface area contributed by atoms with Gasteiger partial charge in [0.15, 0.2) is 0 Å². The minimum Gasteiger partial charge on any atom is -0.412 e. The van der Waals surface area contributed by atoms with Crippen LogP contribution in [0.4, 0.5) is 0 Å². The Balaban J connectivity index is -0.0000000152. The normalized spacial score (nSPS) is 8.40. The smallest absolute Gasteiger partial charge is 0.412 e. The van der Waals surface area contributed by atoms with Crippen molar-refractivity contribution < 1.29 is 108 Å². The molecule has 0 aromatic carbocycles. The number of hydrogen-bond donors (Lipinski definition) is 0. The number of likely N-dealkylation sites (N-methyl/N-ethyl adjacent to an activating group) is 2. The van der Waals surface area contributed by atoms with Gasteiger partial charge in [0.2, 0.25) is 0 Å². The molecular formula is C6H28Cl2CuN2O14. The maximum absolute atomic E-state index is 8.49. The Kier molecular flexibility index (Phi) is 82.0. The van der Waals surface area contributed by atoms with Crippen molar-refractivity contribution in [2.75, 3.05) is 41.3 Å². The Morgan fingerprint density at radius 1 is 0.480 bits per heavy atom. The molecule has 0 heterocycles. The number of halogens is 2. The summed E-state index contributed by atoms with van der Waals surface area (Å²) in [6.07, 6.45) is 0. The summed E-state index contributed by atoms with van der Waals surface area (Å²) in [5.41, 5.74) is 0. The predicted octanol–water partition coefficient (Wildman–Crippen LogP) is -14.4. The van der Waals surface area contributed by atoms with Crippen LogP contribution in [0.15, 0.2) is 0 Å². The molecule has 0 aliphatic rings. The summed E-state index contributed by atoms with van der Waals surface area (Å²) in [4.78, 5) is 4.36. The molecule has 19 heteroatoms. The van der Waals surface area contributed by atoms with Crippen LogP contribution in [0.1, 0.15) is 0 Å². The maximum Gasteiger partial charge on any atom is 2.00 e. The Morgan fingerprint density at radius 3 is 0.600 bits per heavy atom. The van der Waals surface area contributed by atoms with E-state index in [9.17, 15) is 0 Å². The average Bonchev–Trinajstić information content (AvgIpc) is 1.93. The molecule has 0 amide bonds. The van der Waals surface area contributed by atoms with Crippen LogP contribution in [0.5, 0.6) is 0 Å². The molecule has 0 fully saturated rings. The zero-order valence-electron chi connectivity index (χ0n) is 13.6. The van der Waals surface area contributed by atoms with Crippen molar-refractivity contribution in [3.05, 3.63) is 0 Å². The summed E-state index contributed by atoms with van der Waals surface area (Å²) in [7, 11) is -1.54. The predicted molar refractivity (Wildman–Crippen MR) is 58.8 cm³/mol. The van der Waals surface area contributed by atoms with Gasteiger partial charge in [0.05, 0.1) is 0 Å². The third-order valence-corrected chi connectivity index (χ3v) is 0.994. The fourth-order valence-corrected chi connectivity index (χ4v) is 0.400. The molecule has 0 aliphatic carbocycles. The van der Waals surface area contributed by atoms with E-state index >= 15 is 0 Å². The van der Waals surface area contributed by atoms with Crippen LogP contribution in [0, 0.1) is 20.5 Å². The van der Waals surface area contributed by atoms with Gasteiger partial charge in [-0.15, -0.1) is 20.5 Å². The van der Waals surface area contributed by atoms with E-state index in [1.54, 1.807) is 0 Å². The Morgan fingerprint density at radius 2 is 0.560 bits per heavy atom. The van der Waals surface area contributed by atoms with E-state index in [0.29, 0.717) is 0 Å². The van der Waals surface area contributed by atoms with Crippen LogP contribution in [0.2, 0.25) is 0 Å². The summed E-state index contributed by atoms with van der Waals surface area (Å²) in [5.74, 6) is 0. The first-order chi connectivity index (χ1) is 7.63. The summed E-state index contributed by atoms with van der Waals surface area (Å²) in [6, 6.07) is 0. The third-order valence-electron chi connectivity index (χ3n) is 0.994. The molecule has 25 heavy (non-hydrogen) atoms. The van der Waals surface area contributed by atoms with E-state index in [4.69, 9.17) is 37.3 Å². The number of hydrogen-bond acceptors (Lipinski definition) is 10. The van der Waals surface area contributed by atoms with E-state index < -0.39 is 20.5 Å². The molecule has 0 atom stereocenters. The average molecular weight is 487 g/mol. The zero-order chi connectivity index (χ0) is 15.6. The molecule has 171 valence electrons. The van der Waals surface area contributed by atoms with Gasteiger partial charge >= 0.3 is 17.1 Å². The Labute approximate surface area is 159 Å². The van der Waals surface area contributed by atoms with Gasteiger partial charge in [-0.3, -0.25) is 0 Å². The fourth-order valence-electron chi connectivity index (χ4n) is 0.400. The molecule has 0 aromatic heterocycles. The van der Waals surface area contributed by atoms with Crippen molar-refractivity contribution >= 4 is 0 Å². The second-order valence-electron chi connectivity index (χ2n) is 3.36. The molecule has 12 N–H and O–H groups in total. The molecule has 0 spiro atoms. The SMILES string of the molecule is CN(C)CCN(C)C.O.O.O.O.O.O.[Cu+2].[O-][Cl+3]([O-])([O-])[O-].[O-][Cl+3]([O-])([O-])[O-]. The van der Waals surface area contributed by atoms with Crippen molar-refractivity contribution in [1.82, 2.24) is 9.80 Å². The Bertz CT molecular complexity index is 161. The summed E-state index contributed by atoms with van der Waals surface area (Å²) in [6.45, 7) is 2.29. The van der Waals surface area contributed by atoms with Gasteiger partial charge in [0, 0.05) is 13.1 Å². The molecular weight excluding hydrogens is 459 g/mol. The van der Waals surface area contributed by atoms with Gasteiger partial charge in [0.25, 0.3) is 0 Å². The van der Waals surface area contributed by atoms with E-state index in [-0.39, 0.29) is 49.9 Å². The second kappa shape index (κ2) is 32.2. The molecule has 0 rings (SSSR count). The van der Waals surface area contributed by atoms with Gasteiger partial charge in [-0.05, 0) is 28.2 Å².